The molecule has 0 radical (unpaired) electrons. The van der Waals surface area contributed by atoms with Crippen molar-refractivity contribution in [2.24, 2.45) is 5.73 Å². The Morgan fingerprint density at radius 2 is 1.67 bits per heavy atom. The molecule has 0 aliphatic heterocycles. The lowest BCUT2D eigenvalue weighted by atomic mass is 10.2. The molecule has 0 bridgehead atoms. The summed E-state index contributed by atoms with van der Waals surface area (Å²) in [7, 11) is 1.57. The fourth-order valence-electron chi connectivity index (χ4n) is 2.11. The number of carbonyl (C=O) groups excluding carboxylic acids is 3. The fourth-order valence-corrected chi connectivity index (χ4v) is 2.11. The number of amides is 2. The summed E-state index contributed by atoms with van der Waals surface area (Å²) >= 11 is 0. The first-order chi connectivity index (χ1) is 12.9. The largest absolute Gasteiger partial charge is 0.497 e. The van der Waals surface area contributed by atoms with Crippen LogP contribution in [0.1, 0.15) is 22.8 Å². The number of nitrogens with one attached hydrogen (secondary N) is 1. The molecule has 140 valence electrons. The van der Waals surface area contributed by atoms with Gasteiger partial charge in [0.05, 0.1) is 7.11 Å². The van der Waals surface area contributed by atoms with Crippen LogP contribution in [0.3, 0.4) is 0 Å². The maximum atomic E-state index is 12.1. The van der Waals surface area contributed by atoms with Crippen LogP contribution in [0.4, 0.5) is 5.69 Å². The average Bonchev–Trinajstić information content (AvgIpc) is 2.67. The second-order valence-corrected chi connectivity index (χ2v) is 5.62. The van der Waals surface area contributed by atoms with Crippen LogP contribution in [-0.2, 0) is 14.3 Å². The van der Waals surface area contributed by atoms with Gasteiger partial charge in [-0.1, -0.05) is 12.1 Å². The lowest BCUT2D eigenvalue weighted by Gasteiger charge is -2.12. The van der Waals surface area contributed by atoms with Crippen molar-refractivity contribution in [1.29, 1.82) is 0 Å². The number of hydrogen-bond donors (Lipinski definition) is 2. The first kappa shape index (κ1) is 19.7. The van der Waals surface area contributed by atoms with E-state index in [1.807, 2.05) is 0 Å². The second kappa shape index (κ2) is 9.19. The van der Waals surface area contributed by atoms with Gasteiger partial charge in [0.1, 0.15) is 5.75 Å². The molecule has 0 fully saturated rings. The molecule has 0 saturated heterocycles. The fraction of sp³-hybridized carbons (Fsp3) is 0.150. The van der Waals surface area contributed by atoms with E-state index in [1.165, 1.54) is 37.3 Å². The van der Waals surface area contributed by atoms with Crippen LogP contribution >= 0.6 is 0 Å². The van der Waals surface area contributed by atoms with Gasteiger partial charge in [0.2, 0.25) is 5.91 Å². The third-order valence-corrected chi connectivity index (χ3v) is 3.63. The molecule has 2 rings (SSSR count). The Morgan fingerprint density at radius 3 is 2.22 bits per heavy atom. The van der Waals surface area contributed by atoms with Crippen molar-refractivity contribution in [3.63, 3.8) is 0 Å². The molecule has 27 heavy (non-hydrogen) atoms. The molecule has 2 amide bonds. The molecule has 0 spiro atoms. The zero-order chi connectivity index (χ0) is 19.8. The highest BCUT2D eigenvalue weighted by molar-refractivity contribution is 5.97. The third kappa shape index (κ3) is 6.00. The minimum atomic E-state index is -0.992. The molecule has 3 N–H and O–H groups in total. The molecule has 7 heteroatoms. The molecule has 0 aliphatic carbocycles. The van der Waals surface area contributed by atoms with Crippen LogP contribution < -0.4 is 15.8 Å². The summed E-state index contributed by atoms with van der Waals surface area (Å²) in [6.07, 6.45) is 1.83. The molecule has 0 saturated carbocycles. The van der Waals surface area contributed by atoms with E-state index in [1.54, 1.807) is 37.5 Å². The van der Waals surface area contributed by atoms with Crippen LogP contribution in [0.25, 0.3) is 6.08 Å². The smallest absolute Gasteiger partial charge is 0.331 e. The zero-order valence-electron chi connectivity index (χ0n) is 15.0. The maximum absolute atomic E-state index is 12.1. The molecule has 0 aliphatic rings. The SMILES string of the molecule is COc1ccc(/C=C/C(=O)OC(C)C(=O)Nc2ccc(C(N)=O)cc2)cc1. The van der Waals surface area contributed by atoms with Gasteiger partial charge in [-0.05, 0) is 55.0 Å². The minimum absolute atomic E-state index is 0.330. The Bertz CT molecular complexity index is 842. The number of hydrogen-bond acceptors (Lipinski definition) is 5. The van der Waals surface area contributed by atoms with Crippen molar-refractivity contribution < 1.29 is 23.9 Å². The zero-order valence-corrected chi connectivity index (χ0v) is 15.0. The lowest BCUT2D eigenvalue weighted by molar-refractivity contribution is -0.148. The molecule has 1 unspecified atom stereocenters. The van der Waals surface area contributed by atoms with E-state index in [4.69, 9.17) is 15.2 Å². The lowest BCUT2D eigenvalue weighted by Crippen LogP contribution is -2.29. The summed E-state index contributed by atoms with van der Waals surface area (Å²) in [6, 6.07) is 13.2. The van der Waals surface area contributed by atoms with Crippen molar-refractivity contribution >= 4 is 29.5 Å². The van der Waals surface area contributed by atoms with Gasteiger partial charge in [0.15, 0.2) is 6.10 Å². The summed E-state index contributed by atoms with van der Waals surface area (Å²) < 4.78 is 10.1. The molecule has 1 atom stereocenters. The highest BCUT2D eigenvalue weighted by Crippen LogP contribution is 2.13. The molecular formula is C20H20N2O5. The number of carbonyl (C=O) groups is 3. The van der Waals surface area contributed by atoms with Gasteiger partial charge in [-0.3, -0.25) is 9.59 Å². The summed E-state index contributed by atoms with van der Waals surface area (Å²) in [4.78, 5) is 35.0. The van der Waals surface area contributed by atoms with Gasteiger partial charge in [0.25, 0.3) is 5.91 Å². The maximum Gasteiger partial charge on any atom is 0.331 e. The van der Waals surface area contributed by atoms with Crippen LogP contribution in [0.5, 0.6) is 5.75 Å². The summed E-state index contributed by atoms with van der Waals surface area (Å²) in [5.74, 6) is -0.978. The topological polar surface area (TPSA) is 108 Å². The number of esters is 1. The van der Waals surface area contributed by atoms with E-state index in [-0.39, 0.29) is 0 Å². The normalized spacial score (nSPS) is 11.6. The van der Waals surface area contributed by atoms with Crippen molar-refractivity contribution in [3.05, 3.63) is 65.7 Å². The highest BCUT2D eigenvalue weighted by Gasteiger charge is 2.16. The van der Waals surface area contributed by atoms with Crippen LogP contribution in [-0.4, -0.2) is 31.0 Å². The second-order valence-electron chi connectivity index (χ2n) is 5.62. The van der Waals surface area contributed by atoms with Gasteiger partial charge in [0, 0.05) is 17.3 Å². The number of benzene rings is 2. The molecular weight excluding hydrogens is 348 g/mol. The summed E-state index contributed by atoms with van der Waals surface area (Å²) in [5.41, 5.74) is 6.74. The third-order valence-electron chi connectivity index (χ3n) is 3.63. The highest BCUT2D eigenvalue weighted by atomic mass is 16.5. The first-order valence-electron chi connectivity index (χ1n) is 8.12. The van der Waals surface area contributed by atoms with E-state index in [0.717, 1.165) is 5.56 Å². The van der Waals surface area contributed by atoms with E-state index >= 15 is 0 Å². The molecule has 7 nitrogen and oxygen atoms in total. The Balaban J connectivity index is 1.87. The monoisotopic (exact) mass is 368 g/mol. The Morgan fingerprint density at radius 1 is 1.04 bits per heavy atom. The Kier molecular flexibility index (Phi) is 6.71. The standard InChI is InChI=1S/C20H20N2O5/c1-13(20(25)22-16-8-6-15(7-9-16)19(21)24)27-18(23)12-5-14-3-10-17(26-2)11-4-14/h3-13H,1-2H3,(H2,21,24)(H,22,25)/b12-5+. The van der Waals surface area contributed by atoms with Crippen molar-refractivity contribution in [1.82, 2.24) is 0 Å². The molecule has 2 aromatic carbocycles. The number of ether oxygens (including phenoxy) is 2. The van der Waals surface area contributed by atoms with Crippen molar-refractivity contribution in [2.45, 2.75) is 13.0 Å². The van der Waals surface area contributed by atoms with E-state index in [0.29, 0.717) is 17.0 Å². The minimum Gasteiger partial charge on any atom is -0.497 e. The Labute approximate surface area is 156 Å². The van der Waals surface area contributed by atoms with Gasteiger partial charge >= 0.3 is 5.97 Å². The van der Waals surface area contributed by atoms with Gasteiger partial charge in [-0.2, -0.15) is 0 Å². The van der Waals surface area contributed by atoms with Gasteiger partial charge in [-0.15, -0.1) is 0 Å². The first-order valence-corrected chi connectivity index (χ1v) is 8.12. The summed E-state index contributed by atoms with van der Waals surface area (Å²) in [6.45, 7) is 1.46. The van der Waals surface area contributed by atoms with Crippen LogP contribution in [0.2, 0.25) is 0 Å². The number of anilines is 1. The quantitative estimate of drug-likeness (QED) is 0.576. The van der Waals surface area contributed by atoms with Crippen molar-refractivity contribution in [3.8, 4) is 5.75 Å². The Hall–Kier alpha value is -3.61. The van der Waals surface area contributed by atoms with E-state index in [2.05, 4.69) is 5.32 Å². The van der Waals surface area contributed by atoms with Crippen LogP contribution in [0.15, 0.2) is 54.6 Å². The number of primary amides is 1. The predicted molar refractivity (Wildman–Crippen MR) is 101 cm³/mol. The van der Waals surface area contributed by atoms with E-state index < -0.39 is 23.9 Å². The van der Waals surface area contributed by atoms with Crippen molar-refractivity contribution in [2.75, 3.05) is 12.4 Å². The average molecular weight is 368 g/mol. The molecule has 0 heterocycles. The number of methoxy groups -OCH3 is 1. The number of rotatable bonds is 7. The molecule has 2 aromatic rings. The van der Waals surface area contributed by atoms with Crippen LogP contribution in [0, 0.1) is 0 Å². The van der Waals surface area contributed by atoms with E-state index in [9.17, 15) is 14.4 Å². The van der Waals surface area contributed by atoms with Gasteiger partial charge in [-0.25, -0.2) is 4.79 Å². The van der Waals surface area contributed by atoms with Gasteiger partial charge < -0.3 is 20.5 Å². The predicted octanol–water partition coefficient (Wildman–Crippen LogP) is 2.38. The summed E-state index contributed by atoms with van der Waals surface area (Å²) in [5, 5.41) is 2.59. The molecule has 0 aromatic heterocycles. The number of nitrogens with two attached hydrogens (primary N) is 1.